The minimum Gasteiger partial charge on any atom is -0.350 e. The molecule has 0 aliphatic heterocycles. The van der Waals surface area contributed by atoms with Crippen molar-refractivity contribution in [3.8, 4) is 0 Å². The van der Waals surface area contributed by atoms with Gasteiger partial charge in [0.2, 0.25) is 5.91 Å². The fourth-order valence-electron chi connectivity index (χ4n) is 2.40. The highest BCUT2D eigenvalue weighted by Gasteiger charge is 2.27. The number of carbonyl (C=O) groups excluding carboxylic acids is 1. The van der Waals surface area contributed by atoms with Crippen molar-refractivity contribution in [2.75, 3.05) is 0 Å². The summed E-state index contributed by atoms with van der Waals surface area (Å²) >= 11 is 6.07. The first-order valence-electron chi connectivity index (χ1n) is 7.67. The van der Waals surface area contributed by atoms with Crippen LogP contribution in [0, 0.1) is 0 Å². The minimum absolute atomic E-state index is 0.257. The van der Waals surface area contributed by atoms with Gasteiger partial charge in [0.05, 0.1) is 5.69 Å². The summed E-state index contributed by atoms with van der Waals surface area (Å²) in [4.78, 5) is 24.3. The zero-order valence-corrected chi connectivity index (χ0v) is 13.6. The van der Waals surface area contributed by atoms with Gasteiger partial charge in [-0.3, -0.25) is 9.59 Å². The second-order valence-corrected chi connectivity index (χ2v) is 6.21. The van der Waals surface area contributed by atoms with Gasteiger partial charge in [-0.05, 0) is 37.5 Å². The summed E-state index contributed by atoms with van der Waals surface area (Å²) < 4.78 is 1.26. The van der Waals surface area contributed by atoms with E-state index in [9.17, 15) is 9.59 Å². The quantitative estimate of drug-likeness (QED) is 0.916. The van der Waals surface area contributed by atoms with Crippen LogP contribution < -0.4 is 10.9 Å². The summed E-state index contributed by atoms with van der Waals surface area (Å²) in [5.74, 6) is 0.174. The van der Waals surface area contributed by atoms with Crippen LogP contribution in [0.1, 0.15) is 43.0 Å². The van der Waals surface area contributed by atoms with Crippen molar-refractivity contribution < 1.29 is 4.79 Å². The third kappa shape index (κ3) is 3.62. The second-order valence-electron chi connectivity index (χ2n) is 5.80. The number of nitrogens with one attached hydrogen (secondary N) is 1. The third-order valence-corrected chi connectivity index (χ3v) is 4.37. The molecule has 1 fully saturated rings. The van der Waals surface area contributed by atoms with Crippen LogP contribution in [-0.2, 0) is 11.3 Å². The molecule has 1 aromatic heterocycles. The van der Waals surface area contributed by atoms with Gasteiger partial charge in [0.25, 0.3) is 5.56 Å². The van der Waals surface area contributed by atoms with Crippen molar-refractivity contribution in [2.45, 2.75) is 38.3 Å². The van der Waals surface area contributed by atoms with E-state index in [-0.39, 0.29) is 11.5 Å². The lowest BCUT2D eigenvalue weighted by Gasteiger charge is -2.15. The zero-order valence-electron chi connectivity index (χ0n) is 12.8. The summed E-state index contributed by atoms with van der Waals surface area (Å²) in [5, 5.41) is 7.75. The average Bonchev–Trinajstić information content (AvgIpc) is 3.38. The van der Waals surface area contributed by atoms with Crippen LogP contribution in [-0.4, -0.2) is 15.7 Å². The van der Waals surface area contributed by atoms with E-state index in [2.05, 4.69) is 10.4 Å². The van der Waals surface area contributed by atoms with Gasteiger partial charge in [-0.1, -0.05) is 29.8 Å². The molecule has 0 bridgehead atoms. The van der Waals surface area contributed by atoms with E-state index in [1.54, 1.807) is 19.1 Å². The van der Waals surface area contributed by atoms with E-state index in [1.807, 2.05) is 18.2 Å². The molecule has 0 spiro atoms. The Morgan fingerprint density at radius 3 is 2.78 bits per heavy atom. The molecule has 1 saturated carbocycles. The van der Waals surface area contributed by atoms with Gasteiger partial charge >= 0.3 is 0 Å². The number of hydrogen-bond acceptors (Lipinski definition) is 3. The number of halogens is 1. The molecule has 5 nitrogen and oxygen atoms in total. The molecule has 1 aliphatic rings. The predicted molar refractivity (Wildman–Crippen MR) is 88.5 cm³/mol. The van der Waals surface area contributed by atoms with Gasteiger partial charge in [0.15, 0.2) is 0 Å². The van der Waals surface area contributed by atoms with Gasteiger partial charge in [-0.25, -0.2) is 4.68 Å². The predicted octanol–water partition coefficient (Wildman–Crippen LogP) is 2.65. The van der Waals surface area contributed by atoms with E-state index in [1.165, 1.54) is 10.7 Å². The van der Waals surface area contributed by atoms with Gasteiger partial charge in [0.1, 0.15) is 6.04 Å². The topological polar surface area (TPSA) is 64.0 Å². The maximum atomic E-state index is 12.3. The van der Waals surface area contributed by atoms with Crippen LogP contribution in [0.3, 0.4) is 0 Å². The summed E-state index contributed by atoms with van der Waals surface area (Å²) in [6, 6.07) is 9.90. The monoisotopic (exact) mass is 331 g/mol. The number of aromatic nitrogens is 2. The lowest BCUT2D eigenvalue weighted by molar-refractivity contribution is -0.124. The Bertz CT molecular complexity index is 783. The number of benzene rings is 1. The average molecular weight is 332 g/mol. The molecule has 23 heavy (non-hydrogen) atoms. The van der Waals surface area contributed by atoms with E-state index in [0.717, 1.165) is 24.1 Å². The van der Waals surface area contributed by atoms with Crippen LogP contribution >= 0.6 is 11.6 Å². The first kappa shape index (κ1) is 15.7. The molecule has 2 aromatic rings. The molecule has 1 unspecified atom stereocenters. The normalized spacial score (nSPS) is 15.2. The maximum Gasteiger partial charge on any atom is 0.267 e. The number of rotatable bonds is 5. The van der Waals surface area contributed by atoms with E-state index >= 15 is 0 Å². The summed E-state index contributed by atoms with van der Waals surface area (Å²) in [6.07, 6.45) is 2.19. The summed E-state index contributed by atoms with van der Waals surface area (Å²) in [6.45, 7) is 1.99. The fraction of sp³-hybridized carbons (Fsp3) is 0.353. The largest absolute Gasteiger partial charge is 0.350 e. The van der Waals surface area contributed by atoms with Crippen molar-refractivity contribution in [1.82, 2.24) is 15.1 Å². The molecule has 1 aliphatic carbocycles. The van der Waals surface area contributed by atoms with Gasteiger partial charge in [-0.15, -0.1) is 0 Å². The molecule has 1 N–H and O–H groups in total. The molecule has 120 valence electrons. The van der Waals surface area contributed by atoms with Crippen LogP contribution in [0.2, 0.25) is 5.02 Å². The standard InChI is InChI=1S/C17H18ClN3O2/c1-11(17(23)19-10-13-4-2-3-5-14(13)18)21-16(22)9-8-15(20-21)12-6-7-12/h2-5,8-9,11-12H,6-7,10H2,1H3,(H,19,23). The number of carbonyl (C=O) groups is 1. The van der Waals surface area contributed by atoms with Crippen LogP contribution in [0.15, 0.2) is 41.2 Å². The number of nitrogens with zero attached hydrogens (tertiary/aromatic N) is 2. The fourth-order valence-corrected chi connectivity index (χ4v) is 2.60. The Kier molecular flexibility index (Phi) is 4.48. The van der Waals surface area contributed by atoms with Crippen molar-refractivity contribution in [3.63, 3.8) is 0 Å². The minimum atomic E-state index is -0.663. The van der Waals surface area contributed by atoms with Crippen molar-refractivity contribution in [3.05, 3.63) is 63.0 Å². The molecule has 0 radical (unpaired) electrons. The second kappa shape index (κ2) is 6.54. The number of amides is 1. The van der Waals surface area contributed by atoms with Crippen molar-refractivity contribution >= 4 is 17.5 Å². The highest BCUT2D eigenvalue weighted by Crippen LogP contribution is 2.38. The Hall–Kier alpha value is -2.14. The Morgan fingerprint density at radius 1 is 1.35 bits per heavy atom. The first-order chi connectivity index (χ1) is 11.1. The van der Waals surface area contributed by atoms with E-state index < -0.39 is 6.04 Å². The summed E-state index contributed by atoms with van der Waals surface area (Å²) in [7, 11) is 0. The van der Waals surface area contributed by atoms with Crippen molar-refractivity contribution in [2.24, 2.45) is 0 Å². The van der Waals surface area contributed by atoms with Gasteiger partial charge in [0, 0.05) is 23.6 Å². The SMILES string of the molecule is CC(C(=O)NCc1ccccc1Cl)n1nc(C2CC2)ccc1=O. The molecule has 1 aromatic carbocycles. The van der Waals surface area contributed by atoms with Crippen LogP contribution in [0.25, 0.3) is 0 Å². The van der Waals surface area contributed by atoms with E-state index in [4.69, 9.17) is 11.6 Å². The molecule has 1 heterocycles. The Labute approximate surface area is 139 Å². The highest BCUT2D eigenvalue weighted by molar-refractivity contribution is 6.31. The Balaban J connectivity index is 1.71. The molecule has 3 rings (SSSR count). The van der Waals surface area contributed by atoms with Crippen LogP contribution in [0.5, 0.6) is 0 Å². The lowest BCUT2D eigenvalue weighted by atomic mass is 10.2. The van der Waals surface area contributed by atoms with Gasteiger partial charge < -0.3 is 5.32 Å². The maximum absolute atomic E-state index is 12.3. The van der Waals surface area contributed by atoms with Gasteiger partial charge in [-0.2, -0.15) is 5.10 Å². The van der Waals surface area contributed by atoms with Crippen LogP contribution in [0.4, 0.5) is 0 Å². The molecular weight excluding hydrogens is 314 g/mol. The Morgan fingerprint density at radius 2 is 2.09 bits per heavy atom. The van der Waals surface area contributed by atoms with Crippen molar-refractivity contribution in [1.29, 1.82) is 0 Å². The number of hydrogen-bond donors (Lipinski definition) is 1. The third-order valence-electron chi connectivity index (χ3n) is 4.00. The molecule has 6 heteroatoms. The molecular formula is C17H18ClN3O2. The smallest absolute Gasteiger partial charge is 0.267 e. The zero-order chi connectivity index (χ0) is 16.4. The molecule has 1 atom stereocenters. The first-order valence-corrected chi connectivity index (χ1v) is 8.05. The summed E-state index contributed by atoms with van der Waals surface area (Å²) in [5.41, 5.74) is 1.45. The van der Waals surface area contributed by atoms with E-state index in [0.29, 0.717) is 17.5 Å². The molecule has 0 saturated heterocycles. The highest BCUT2D eigenvalue weighted by atomic mass is 35.5. The molecule has 1 amide bonds. The lowest BCUT2D eigenvalue weighted by Crippen LogP contribution is -2.37.